The Hall–Kier alpha value is -1.85. The molecule has 0 aliphatic carbocycles. The van der Waals surface area contributed by atoms with E-state index >= 15 is 0 Å². The van der Waals surface area contributed by atoms with Crippen molar-refractivity contribution >= 4 is 27.5 Å². The number of carbonyl (C=O) groups is 1. The zero-order valence-electron chi connectivity index (χ0n) is 13.7. The van der Waals surface area contributed by atoms with Crippen LogP contribution in [0.25, 0.3) is 0 Å². The van der Waals surface area contributed by atoms with E-state index in [0.717, 1.165) is 35.3 Å². The number of methoxy groups -OCH3 is 1. The van der Waals surface area contributed by atoms with E-state index in [1.165, 1.54) is 5.56 Å². The van der Waals surface area contributed by atoms with Crippen LogP contribution < -0.4 is 10.1 Å². The number of para-hydroxylation sites is 1. The van der Waals surface area contributed by atoms with Gasteiger partial charge in [0.25, 0.3) is 0 Å². The van der Waals surface area contributed by atoms with E-state index in [-0.39, 0.29) is 5.91 Å². The molecule has 0 radical (unpaired) electrons. The minimum Gasteiger partial charge on any atom is -0.497 e. The van der Waals surface area contributed by atoms with Gasteiger partial charge < -0.3 is 10.1 Å². The van der Waals surface area contributed by atoms with E-state index in [4.69, 9.17) is 4.74 Å². The van der Waals surface area contributed by atoms with Crippen molar-refractivity contribution in [2.24, 2.45) is 0 Å². The van der Waals surface area contributed by atoms with Crippen LogP contribution in [0.1, 0.15) is 24.4 Å². The minimum absolute atomic E-state index is 0.0160. The number of ether oxygens (including phenoxy) is 1. The Balaban J connectivity index is 1.65. The highest BCUT2D eigenvalue weighted by molar-refractivity contribution is 9.10. The SMILES string of the molecule is COc1ccc([C@@H]2CCCN2CC(=O)Nc2ccccc2Br)cc1. The molecular formula is C19H21BrN2O2. The summed E-state index contributed by atoms with van der Waals surface area (Å²) >= 11 is 3.46. The van der Waals surface area contributed by atoms with E-state index in [1.54, 1.807) is 7.11 Å². The molecule has 1 atom stereocenters. The quantitative estimate of drug-likeness (QED) is 0.832. The maximum absolute atomic E-state index is 12.4. The van der Waals surface area contributed by atoms with Crippen molar-refractivity contribution in [3.63, 3.8) is 0 Å². The summed E-state index contributed by atoms with van der Waals surface area (Å²) in [5, 5.41) is 2.98. The average molecular weight is 389 g/mol. The fourth-order valence-electron chi connectivity index (χ4n) is 3.16. The molecule has 1 fully saturated rings. The molecule has 1 aliphatic heterocycles. The normalized spacial score (nSPS) is 17.7. The topological polar surface area (TPSA) is 41.6 Å². The second-order valence-electron chi connectivity index (χ2n) is 5.93. The summed E-state index contributed by atoms with van der Waals surface area (Å²) in [4.78, 5) is 14.6. The fraction of sp³-hybridized carbons (Fsp3) is 0.316. The lowest BCUT2D eigenvalue weighted by atomic mass is 10.0. The minimum atomic E-state index is 0.0160. The van der Waals surface area contributed by atoms with Crippen molar-refractivity contribution in [1.29, 1.82) is 0 Å². The molecule has 1 heterocycles. The summed E-state index contributed by atoms with van der Waals surface area (Å²) in [6.07, 6.45) is 2.19. The summed E-state index contributed by atoms with van der Waals surface area (Å²) < 4.78 is 6.11. The largest absolute Gasteiger partial charge is 0.497 e. The molecule has 3 rings (SSSR count). The summed E-state index contributed by atoms with van der Waals surface area (Å²) in [7, 11) is 1.67. The van der Waals surface area contributed by atoms with Crippen LogP contribution >= 0.6 is 15.9 Å². The van der Waals surface area contributed by atoms with Crippen molar-refractivity contribution in [1.82, 2.24) is 4.90 Å². The van der Waals surface area contributed by atoms with Gasteiger partial charge in [0, 0.05) is 10.5 Å². The number of rotatable bonds is 5. The molecule has 2 aromatic rings. The Morgan fingerprint density at radius 2 is 2.00 bits per heavy atom. The van der Waals surface area contributed by atoms with Crippen LogP contribution in [0.3, 0.4) is 0 Å². The first kappa shape index (κ1) is 17.0. The number of likely N-dealkylation sites (tertiary alicyclic amines) is 1. The number of carbonyl (C=O) groups excluding carboxylic acids is 1. The molecule has 0 saturated carbocycles. The summed E-state index contributed by atoms with van der Waals surface area (Å²) in [6.45, 7) is 1.35. The van der Waals surface area contributed by atoms with Gasteiger partial charge in [0.1, 0.15) is 5.75 Å². The molecule has 0 unspecified atom stereocenters. The Morgan fingerprint density at radius 1 is 1.25 bits per heavy atom. The van der Waals surface area contributed by atoms with Crippen LogP contribution in [-0.4, -0.2) is 31.0 Å². The molecular weight excluding hydrogens is 368 g/mol. The highest BCUT2D eigenvalue weighted by atomic mass is 79.9. The van der Waals surface area contributed by atoms with E-state index in [0.29, 0.717) is 12.6 Å². The lowest BCUT2D eigenvalue weighted by Crippen LogP contribution is -2.33. The van der Waals surface area contributed by atoms with Crippen molar-refractivity contribution in [3.8, 4) is 5.75 Å². The number of hydrogen-bond donors (Lipinski definition) is 1. The monoisotopic (exact) mass is 388 g/mol. The second-order valence-corrected chi connectivity index (χ2v) is 6.78. The van der Waals surface area contributed by atoms with Crippen molar-refractivity contribution in [2.75, 3.05) is 25.5 Å². The Morgan fingerprint density at radius 3 is 2.71 bits per heavy atom. The van der Waals surface area contributed by atoms with Crippen LogP contribution in [0.5, 0.6) is 5.75 Å². The first-order chi connectivity index (χ1) is 11.7. The third kappa shape index (κ3) is 3.97. The second kappa shape index (κ2) is 7.81. The van der Waals surface area contributed by atoms with E-state index in [9.17, 15) is 4.79 Å². The van der Waals surface area contributed by atoms with Crippen LogP contribution in [0, 0.1) is 0 Å². The van der Waals surface area contributed by atoms with Crippen molar-refractivity contribution in [3.05, 3.63) is 58.6 Å². The highest BCUT2D eigenvalue weighted by Gasteiger charge is 2.27. The van der Waals surface area contributed by atoms with E-state index in [2.05, 4.69) is 38.3 Å². The van der Waals surface area contributed by atoms with Gasteiger partial charge in [-0.3, -0.25) is 9.69 Å². The van der Waals surface area contributed by atoms with Gasteiger partial charge in [0.05, 0.1) is 19.3 Å². The number of hydrogen-bond acceptors (Lipinski definition) is 3. The Kier molecular flexibility index (Phi) is 5.53. The maximum atomic E-state index is 12.4. The van der Waals surface area contributed by atoms with Gasteiger partial charge in [-0.25, -0.2) is 0 Å². The van der Waals surface area contributed by atoms with E-state index < -0.39 is 0 Å². The first-order valence-electron chi connectivity index (χ1n) is 8.10. The van der Waals surface area contributed by atoms with Crippen LogP contribution in [0.4, 0.5) is 5.69 Å². The Bertz CT molecular complexity index is 703. The molecule has 1 amide bonds. The predicted molar refractivity (Wildman–Crippen MR) is 99.3 cm³/mol. The van der Waals surface area contributed by atoms with Gasteiger partial charge >= 0.3 is 0 Å². The molecule has 4 nitrogen and oxygen atoms in total. The van der Waals surface area contributed by atoms with Gasteiger partial charge in [0.15, 0.2) is 0 Å². The number of nitrogens with one attached hydrogen (secondary N) is 1. The van der Waals surface area contributed by atoms with Gasteiger partial charge in [-0.2, -0.15) is 0 Å². The third-order valence-electron chi connectivity index (χ3n) is 4.36. The molecule has 1 N–H and O–H groups in total. The summed E-state index contributed by atoms with van der Waals surface area (Å²) in [6, 6.07) is 16.1. The van der Waals surface area contributed by atoms with Gasteiger partial charge in [-0.1, -0.05) is 24.3 Å². The zero-order valence-corrected chi connectivity index (χ0v) is 15.3. The molecule has 1 aliphatic rings. The molecule has 0 aromatic heterocycles. The average Bonchev–Trinajstić information content (AvgIpc) is 3.05. The van der Waals surface area contributed by atoms with Gasteiger partial charge in [-0.05, 0) is 65.1 Å². The van der Waals surface area contributed by atoms with Crippen molar-refractivity contribution in [2.45, 2.75) is 18.9 Å². The van der Waals surface area contributed by atoms with Crippen LogP contribution in [0.15, 0.2) is 53.0 Å². The number of amides is 1. The van der Waals surface area contributed by atoms with Gasteiger partial charge in [0.2, 0.25) is 5.91 Å². The van der Waals surface area contributed by atoms with Crippen molar-refractivity contribution < 1.29 is 9.53 Å². The van der Waals surface area contributed by atoms with Gasteiger partial charge in [-0.15, -0.1) is 0 Å². The van der Waals surface area contributed by atoms with E-state index in [1.807, 2.05) is 36.4 Å². The molecule has 5 heteroatoms. The highest BCUT2D eigenvalue weighted by Crippen LogP contribution is 2.32. The van der Waals surface area contributed by atoms with Crippen LogP contribution in [0.2, 0.25) is 0 Å². The first-order valence-corrected chi connectivity index (χ1v) is 8.89. The molecule has 24 heavy (non-hydrogen) atoms. The molecule has 1 saturated heterocycles. The number of halogens is 1. The molecule has 2 aromatic carbocycles. The number of nitrogens with zero attached hydrogens (tertiary/aromatic N) is 1. The maximum Gasteiger partial charge on any atom is 0.238 e. The predicted octanol–water partition coefficient (Wildman–Crippen LogP) is 4.23. The zero-order chi connectivity index (χ0) is 16.9. The number of anilines is 1. The molecule has 0 bridgehead atoms. The third-order valence-corrected chi connectivity index (χ3v) is 5.05. The molecule has 0 spiro atoms. The van der Waals surface area contributed by atoms with Crippen LogP contribution in [-0.2, 0) is 4.79 Å². The Labute approximate surface area is 150 Å². The fourth-order valence-corrected chi connectivity index (χ4v) is 3.54. The summed E-state index contributed by atoms with van der Waals surface area (Å²) in [5.41, 5.74) is 2.05. The smallest absolute Gasteiger partial charge is 0.238 e. The lowest BCUT2D eigenvalue weighted by molar-refractivity contribution is -0.117. The summed E-state index contributed by atoms with van der Waals surface area (Å²) in [5.74, 6) is 0.872. The lowest BCUT2D eigenvalue weighted by Gasteiger charge is -2.24. The standard InChI is InChI=1S/C19H21BrN2O2/c1-24-15-10-8-14(9-11-15)18-7-4-12-22(18)13-19(23)21-17-6-3-2-5-16(17)20/h2-3,5-6,8-11,18H,4,7,12-13H2,1H3,(H,21,23)/t18-/m0/s1. The number of benzene rings is 2. The molecule has 126 valence electrons.